The fraction of sp³-hybridized carbons (Fsp3) is 0.0556. The highest BCUT2D eigenvalue weighted by Gasteiger charge is 2.13. The second kappa shape index (κ2) is 4.77. The molecule has 1 heterocycles. The van der Waals surface area contributed by atoms with Crippen LogP contribution in [0, 0.1) is 0 Å². The average Bonchev–Trinajstić information content (AvgIpc) is 2.99. The maximum atomic E-state index is 6.11. The van der Waals surface area contributed by atoms with Crippen LogP contribution in [-0.4, -0.2) is 12.1 Å². The Morgan fingerprint density at radius 2 is 1.73 bits per heavy atom. The van der Waals surface area contributed by atoms with Crippen LogP contribution in [0.4, 0.5) is 5.69 Å². The molecule has 1 aromatic heterocycles. The number of hydrogen-bond donors (Lipinski definition) is 1. The summed E-state index contributed by atoms with van der Waals surface area (Å²) >= 11 is 0. The lowest BCUT2D eigenvalue weighted by molar-refractivity contribution is 0.415. The molecule has 0 spiro atoms. The molecule has 2 N–H and O–H groups in total. The van der Waals surface area contributed by atoms with Crippen molar-refractivity contribution in [2.24, 2.45) is 0 Å². The van der Waals surface area contributed by atoms with E-state index in [1.165, 1.54) is 0 Å². The van der Waals surface area contributed by atoms with E-state index in [2.05, 4.69) is 4.98 Å². The summed E-state index contributed by atoms with van der Waals surface area (Å²) in [5.41, 5.74) is 9.24. The highest BCUT2D eigenvalue weighted by Crippen LogP contribution is 2.33. The first-order valence-electron chi connectivity index (χ1n) is 6.98. The van der Waals surface area contributed by atoms with Gasteiger partial charge < -0.3 is 14.9 Å². The molecule has 0 saturated carbocycles. The predicted molar refractivity (Wildman–Crippen MR) is 87.9 cm³/mol. The second-order valence-corrected chi connectivity index (χ2v) is 5.11. The molecule has 0 aliphatic carbocycles. The summed E-state index contributed by atoms with van der Waals surface area (Å²) < 4.78 is 11.2. The third-order valence-electron chi connectivity index (χ3n) is 3.77. The smallest absolute Gasteiger partial charge is 0.227 e. The highest BCUT2D eigenvalue weighted by molar-refractivity contribution is 6.09. The molecule has 0 saturated heterocycles. The first kappa shape index (κ1) is 12.7. The Labute approximate surface area is 127 Å². The lowest BCUT2D eigenvalue weighted by atomic mass is 10.1. The molecule has 0 unspecified atom stereocenters. The van der Waals surface area contributed by atoms with Gasteiger partial charge in [0.2, 0.25) is 5.89 Å². The zero-order valence-corrected chi connectivity index (χ0v) is 12.0. The zero-order chi connectivity index (χ0) is 15.1. The van der Waals surface area contributed by atoms with Crippen molar-refractivity contribution in [3.05, 3.63) is 54.6 Å². The molecule has 108 valence electrons. The van der Waals surface area contributed by atoms with Gasteiger partial charge in [0.1, 0.15) is 11.3 Å². The summed E-state index contributed by atoms with van der Waals surface area (Å²) in [6.45, 7) is 0. The summed E-state index contributed by atoms with van der Waals surface area (Å²) in [4.78, 5) is 4.56. The molecule has 0 aliphatic rings. The summed E-state index contributed by atoms with van der Waals surface area (Å²) in [6, 6.07) is 17.4. The summed E-state index contributed by atoms with van der Waals surface area (Å²) in [6.07, 6.45) is 0. The van der Waals surface area contributed by atoms with Crippen molar-refractivity contribution in [3.8, 4) is 17.2 Å². The van der Waals surface area contributed by atoms with Crippen LogP contribution in [0.3, 0.4) is 0 Å². The van der Waals surface area contributed by atoms with Gasteiger partial charge in [0, 0.05) is 22.0 Å². The van der Waals surface area contributed by atoms with E-state index in [1.807, 2.05) is 54.6 Å². The standard InChI is InChI=1S/C18H14N2O2/c1-21-12-8-6-11(7-9-12)18-20-16-10-15(19)13-4-2-3-5-14(13)17(16)22-18/h2-10H,19H2,1H3. The molecular formula is C18H14N2O2. The van der Waals surface area contributed by atoms with Crippen molar-refractivity contribution >= 4 is 27.6 Å². The number of anilines is 1. The molecular weight excluding hydrogens is 276 g/mol. The minimum atomic E-state index is 0.577. The normalized spacial score (nSPS) is 11.1. The second-order valence-electron chi connectivity index (χ2n) is 5.11. The van der Waals surface area contributed by atoms with Crippen LogP contribution in [0.25, 0.3) is 33.3 Å². The Hall–Kier alpha value is -3.01. The number of methoxy groups -OCH3 is 1. The number of benzene rings is 3. The van der Waals surface area contributed by atoms with Crippen LogP contribution in [0.1, 0.15) is 0 Å². The Balaban J connectivity index is 1.94. The fourth-order valence-electron chi connectivity index (χ4n) is 2.64. The number of aromatic nitrogens is 1. The van der Waals surface area contributed by atoms with Crippen LogP contribution in [0.2, 0.25) is 0 Å². The molecule has 4 nitrogen and oxygen atoms in total. The van der Waals surface area contributed by atoms with E-state index in [1.54, 1.807) is 7.11 Å². The summed E-state index contributed by atoms with van der Waals surface area (Å²) in [5, 5.41) is 1.96. The van der Waals surface area contributed by atoms with Crippen molar-refractivity contribution in [3.63, 3.8) is 0 Å². The van der Waals surface area contributed by atoms with Gasteiger partial charge in [0.05, 0.1) is 7.11 Å². The Kier molecular flexibility index (Phi) is 2.76. The van der Waals surface area contributed by atoms with Crippen molar-refractivity contribution in [1.29, 1.82) is 0 Å². The average molecular weight is 290 g/mol. The number of ether oxygens (including phenoxy) is 1. The lowest BCUT2D eigenvalue weighted by Crippen LogP contribution is -1.87. The topological polar surface area (TPSA) is 61.3 Å². The fourth-order valence-corrected chi connectivity index (χ4v) is 2.64. The minimum absolute atomic E-state index is 0.577. The molecule has 4 heteroatoms. The van der Waals surface area contributed by atoms with Crippen molar-refractivity contribution in [1.82, 2.24) is 4.98 Å². The first-order valence-corrected chi connectivity index (χ1v) is 6.98. The molecule has 3 aromatic carbocycles. The van der Waals surface area contributed by atoms with E-state index < -0.39 is 0 Å². The molecule has 0 bridgehead atoms. The minimum Gasteiger partial charge on any atom is -0.497 e. The molecule has 0 amide bonds. The number of nitrogens with zero attached hydrogens (tertiary/aromatic N) is 1. The predicted octanol–water partition coefficient (Wildman–Crippen LogP) is 4.24. The monoisotopic (exact) mass is 290 g/mol. The van der Waals surface area contributed by atoms with Crippen LogP contribution >= 0.6 is 0 Å². The highest BCUT2D eigenvalue weighted by atomic mass is 16.5. The van der Waals surface area contributed by atoms with E-state index >= 15 is 0 Å². The van der Waals surface area contributed by atoms with Crippen LogP contribution in [-0.2, 0) is 0 Å². The molecule has 4 aromatic rings. The van der Waals surface area contributed by atoms with E-state index in [-0.39, 0.29) is 0 Å². The molecule has 22 heavy (non-hydrogen) atoms. The quantitative estimate of drug-likeness (QED) is 0.561. The van der Waals surface area contributed by atoms with Gasteiger partial charge in [0.15, 0.2) is 5.58 Å². The first-order chi connectivity index (χ1) is 10.8. The van der Waals surface area contributed by atoms with Crippen LogP contribution in [0.15, 0.2) is 59.0 Å². The summed E-state index contributed by atoms with van der Waals surface area (Å²) in [5.74, 6) is 1.38. The van der Waals surface area contributed by atoms with E-state index in [0.717, 1.165) is 33.2 Å². The van der Waals surface area contributed by atoms with E-state index in [9.17, 15) is 0 Å². The molecule has 0 fully saturated rings. The van der Waals surface area contributed by atoms with Gasteiger partial charge in [-0.15, -0.1) is 0 Å². The van der Waals surface area contributed by atoms with E-state index in [0.29, 0.717) is 11.6 Å². The third-order valence-corrected chi connectivity index (χ3v) is 3.77. The molecule has 0 atom stereocenters. The summed E-state index contributed by atoms with van der Waals surface area (Å²) in [7, 11) is 1.64. The van der Waals surface area contributed by atoms with Gasteiger partial charge in [-0.1, -0.05) is 24.3 Å². The number of rotatable bonds is 2. The maximum Gasteiger partial charge on any atom is 0.227 e. The number of nitrogens with two attached hydrogens (primary N) is 1. The Bertz CT molecular complexity index is 972. The number of hydrogen-bond acceptors (Lipinski definition) is 4. The molecule has 0 radical (unpaired) electrons. The van der Waals surface area contributed by atoms with Crippen molar-refractivity contribution < 1.29 is 9.15 Å². The Morgan fingerprint density at radius 1 is 1.00 bits per heavy atom. The van der Waals surface area contributed by atoms with Gasteiger partial charge in [-0.2, -0.15) is 0 Å². The SMILES string of the molecule is COc1ccc(-c2nc3cc(N)c4ccccc4c3o2)cc1. The van der Waals surface area contributed by atoms with Crippen LogP contribution in [0.5, 0.6) is 5.75 Å². The van der Waals surface area contributed by atoms with Crippen molar-refractivity contribution in [2.75, 3.05) is 12.8 Å². The third kappa shape index (κ3) is 1.89. The van der Waals surface area contributed by atoms with E-state index in [4.69, 9.17) is 14.9 Å². The molecule has 4 rings (SSSR count). The van der Waals surface area contributed by atoms with Crippen molar-refractivity contribution in [2.45, 2.75) is 0 Å². The number of nitrogen functional groups attached to an aromatic ring is 1. The van der Waals surface area contributed by atoms with Gasteiger partial charge in [-0.05, 0) is 30.3 Å². The number of fused-ring (bicyclic) bond motifs is 3. The van der Waals surface area contributed by atoms with Gasteiger partial charge >= 0.3 is 0 Å². The zero-order valence-electron chi connectivity index (χ0n) is 12.0. The lowest BCUT2D eigenvalue weighted by Gasteiger charge is -2.01. The number of oxazole rings is 1. The van der Waals surface area contributed by atoms with Gasteiger partial charge in [-0.3, -0.25) is 0 Å². The maximum absolute atomic E-state index is 6.11. The van der Waals surface area contributed by atoms with Gasteiger partial charge in [-0.25, -0.2) is 4.98 Å². The Morgan fingerprint density at radius 3 is 2.45 bits per heavy atom. The largest absolute Gasteiger partial charge is 0.497 e. The van der Waals surface area contributed by atoms with Gasteiger partial charge in [0.25, 0.3) is 0 Å². The van der Waals surface area contributed by atoms with Crippen LogP contribution < -0.4 is 10.5 Å². The molecule has 0 aliphatic heterocycles.